The summed E-state index contributed by atoms with van der Waals surface area (Å²) >= 11 is 0. The van der Waals surface area contributed by atoms with Gasteiger partial charge >= 0.3 is 6.18 Å². The van der Waals surface area contributed by atoms with E-state index in [0.717, 1.165) is 17.8 Å². The first-order valence-corrected chi connectivity index (χ1v) is 9.08. The molecular formula is C20H27F4N3. The molecule has 0 saturated carbocycles. The maximum Gasteiger partial charge on any atom is 0.419 e. The average Bonchev–Trinajstić information content (AvgIpc) is 2.56. The first kappa shape index (κ1) is 22.9. The molecule has 1 aromatic carbocycles. The van der Waals surface area contributed by atoms with Gasteiger partial charge in [0.1, 0.15) is 11.7 Å². The highest BCUT2D eigenvalue weighted by Crippen LogP contribution is 2.41. The number of alkyl halides is 3. The number of hydrogen-bond acceptors (Lipinski definition) is 3. The Kier molecular flexibility index (Phi) is 7.75. The van der Waals surface area contributed by atoms with Crippen molar-refractivity contribution < 1.29 is 17.6 Å². The van der Waals surface area contributed by atoms with E-state index in [1.54, 1.807) is 24.9 Å². The summed E-state index contributed by atoms with van der Waals surface area (Å²) in [4.78, 5) is 4.38. The van der Waals surface area contributed by atoms with Crippen LogP contribution < -0.4 is 0 Å². The zero-order valence-electron chi connectivity index (χ0n) is 16.9. The number of hydrazone groups is 1. The Morgan fingerprint density at radius 1 is 1.22 bits per heavy atom. The standard InChI is InChI=1S/C18H21F4N3.C2H6/c1-6-7-16-12-8-13(18(20,21)22)14(19)9-15(12)23-17(10(2)3)25(16)24-11(4)5;1-2/h7-10H,6H2,1-5H3;1-2H3/b16-7+;. The van der Waals surface area contributed by atoms with E-state index in [4.69, 9.17) is 0 Å². The van der Waals surface area contributed by atoms with Gasteiger partial charge < -0.3 is 0 Å². The van der Waals surface area contributed by atoms with Crippen LogP contribution in [-0.2, 0) is 6.18 Å². The fourth-order valence-corrected chi connectivity index (χ4v) is 2.55. The second-order valence-electron chi connectivity index (χ2n) is 6.33. The van der Waals surface area contributed by atoms with Gasteiger partial charge in [-0.25, -0.2) is 14.4 Å². The minimum absolute atomic E-state index is 0.0399. The molecule has 0 bridgehead atoms. The Morgan fingerprint density at radius 3 is 2.26 bits per heavy atom. The summed E-state index contributed by atoms with van der Waals surface area (Å²) < 4.78 is 53.3. The predicted octanol–water partition coefficient (Wildman–Crippen LogP) is 7.02. The molecular weight excluding hydrogens is 358 g/mol. The maximum atomic E-state index is 14.0. The summed E-state index contributed by atoms with van der Waals surface area (Å²) in [6, 6.07) is 1.67. The monoisotopic (exact) mass is 385 g/mol. The third-order valence-corrected chi connectivity index (χ3v) is 3.56. The second kappa shape index (κ2) is 9.15. The van der Waals surface area contributed by atoms with Gasteiger partial charge in [0.05, 0.1) is 16.9 Å². The highest BCUT2D eigenvalue weighted by atomic mass is 19.4. The van der Waals surface area contributed by atoms with Crippen molar-refractivity contribution in [1.82, 2.24) is 5.01 Å². The molecule has 0 unspecified atom stereocenters. The lowest BCUT2D eigenvalue weighted by Gasteiger charge is -2.31. The molecule has 150 valence electrons. The van der Waals surface area contributed by atoms with Crippen molar-refractivity contribution in [3.8, 4) is 0 Å². The number of rotatable bonds is 3. The maximum absolute atomic E-state index is 14.0. The van der Waals surface area contributed by atoms with Crippen LogP contribution in [0, 0.1) is 11.7 Å². The van der Waals surface area contributed by atoms with Crippen molar-refractivity contribution in [2.24, 2.45) is 16.0 Å². The van der Waals surface area contributed by atoms with Crippen LogP contribution in [0.3, 0.4) is 0 Å². The average molecular weight is 385 g/mol. The molecule has 1 aliphatic rings. The summed E-state index contributed by atoms with van der Waals surface area (Å²) in [7, 11) is 0. The highest BCUT2D eigenvalue weighted by Gasteiger charge is 2.37. The van der Waals surface area contributed by atoms with Crippen molar-refractivity contribution in [2.45, 2.75) is 61.1 Å². The zero-order valence-corrected chi connectivity index (χ0v) is 16.9. The van der Waals surface area contributed by atoms with E-state index in [1.165, 1.54) is 0 Å². The van der Waals surface area contributed by atoms with Crippen LogP contribution in [0.15, 0.2) is 28.3 Å². The van der Waals surface area contributed by atoms with Crippen molar-refractivity contribution >= 4 is 22.9 Å². The van der Waals surface area contributed by atoms with Gasteiger partial charge in [-0.3, -0.25) is 0 Å². The van der Waals surface area contributed by atoms with E-state index in [-0.39, 0.29) is 17.2 Å². The van der Waals surface area contributed by atoms with Gasteiger partial charge in [0, 0.05) is 23.3 Å². The molecule has 3 nitrogen and oxygen atoms in total. The molecule has 0 radical (unpaired) electrons. The summed E-state index contributed by atoms with van der Waals surface area (Å²) in [5, 5.41) is 5.99. The van der Waals surface area contributed by atoms with Crippen molar-refractivity contribution in [1.29, 1.82) is 0 Å². The van der Waals surface area contributed by atoms with E-state index in [2.05, 4.69) is 10.1 Å². The number of amidine groups is 1. The Labute approximate surface area is 158 Å². The second-order valence-corrected chi connectivity index (χ2v) is 6.33. The third kappa shape index (κ3) is 5.17. The SMILES string of the molecule is CC.CC/C=C1\c2cc(C(F)(F)F)c(F)cc2N=C(C(C)C)N1N=C(C)C. The fourth-order valence-electron chi connectivity index (χ4n) is 2.55. The number of fused-ring (bicyclic) bond motifs is 1. The van der Waals surface area contributed by atoms with E-state index in [9.17, 15) is 17.6 Å². The molecule has 7 heteroatoms. The number of halogens is 4. The quantitative estimate of drug-likeness (QED) is 0.406. The van der Waals surface area contributed by atoms with E-state index >= 15 is 0 Å². The van der Waals surface area contributed by atoms with Crippen LogP contribution in [0.5, 0.6) is 0 Å². The molecule has 0 N–H and O–H groups in total. The Morgan fingerprint density at radius 2 is 1.81 bits per heavy atom. The van der Waals surface area contributed by atoms with E-state index < -0.39 is 17.6 Å². The number of nitrogens with zero attached hydrogens (tertiary/aromatic N) is 3. The molecule has 0 aliphatic carbocycles. The smallest absolute Gasteiger partial charge is 0.232 e. The van der Waals surface area contributed by atoms with Crippen molar-refractivity contribution in [3.05, 3.63) is 35.2 Å². The molecule has 0 spiro atoms. The molecule has 0 saturated heterocycles. The number of hydrogen-bond donors (Lipinski definition) is 0. The minimum atomic E-state index is -4.77. The van der Waals surface area contributed by atoms with Gasteiger partial charge in [-0.05, 0) is 26.3 Å². The molecule has 0 fully saturated rings. The van der Waals surface area contributed by atoms with Crippen LogP contribution in [0.4, 0.5) is 23.2 Å². The Hall–Kier alpha value is -2.18. The van der Waals surface area contributed by atoms with E-state index in [1.807, 2.05) is 34.6 Å². The normalized spacial score (nSPS) is 15.2. The van der Waals surface area contributed by atoms with Gasteiger partial charge in [-0.15, -0.1) is 0 Å². The van der Waals surface area contributed by atoms with Crippen LogP contribution in [0.25, 0.3) is 5.70 Å². The largest absolute Gasteiger partial charge is 0.419 e. The minimum Gasteiger partial charge on any atom is -0.232 e. The molecule has 2 rings (SSSR count). The fraction of sp³-hybridized carbons (Fsp3) is 0.500. The molecule has 1 heterocycles. The molecule has 0 aromatic heterocycles. The van der Waals surface area contributed by atoms with Gasteiger partial charge in [0.25, 0.3) is 0 Å². The summed E-state index contributed by atoms with van der Waals surface area (Å²) in [6.45, 7) is 13.3. The molecule has 0 atom stereocenters. The lowest BCUT2D eigenvalue weighted by Crippen LogP contribution is -2.32. The van der Waals surface area contributed by atoms with Crippen LogP contribution in [0.2, 0.25) is 0 Å². The summed E-state index contributed by atoms with van der Waals surface area (Å²) in [5.74, 6) is -0.799. The topological polar surface area (TPSA) is 28.0 Å². The molecule has 1 aromatic rings. The Bertz CT molecular complexity index is 755. The first-order valence-electron chi connectivity index (χ1n) is 9.08. The van der Waals surface area contributed by atoms with E-state index in [0.29, 0.717) is 18.0 Å². The Balaban J connectivity index is 0.00000176. The van der Waals surface area contributed by atoms with Crippen LogP contribution in [0.1, 0.15) is 66.0 Å². The van der Waals surface area contributed by atoms with Gasteiger partial charge in [-0.1, -0.05) is 40.7 Å². The summed E-state index contributed by atoms with van der Waals surface area (Å²) in [5.41, 5.74) is 0.340. The highest BCUT2D eigenvalue weighted by molar-refractivity contribution is 6.00. The zero-order chi connectivity index (χ0) is 20.9. The van der Waals surface area contributed by atoms with Crippen LogP contribution in [-0.4, -0.2) is 16.6 Å². The molecule has 27 heavy (non-hydrogen) atoms. The molecule has 0 amide bonds. The van der Waals surface area contributed by atoms with Crippen molar-refractivity contribution in [2.75, 3.05) is 0 Å². The predicted molar refractivity (Wildman–Crippen MR) is 104 cm³/mol. The van der Waals surface area contributed by atoms with Crippen molar-refractivity contribution in [3.63, 3.8) is 0 Å². The van der Waals surface area contributed by atoms with Gasteiger partial charge in [0.2, 0.25) is 0 Å². The first-order chi connectivity index (χ1) is 12.6. The lowest BCUT2D eigenvalue weighted by atomic mass is 10.00. The van der Waals surface area contributed by atoms with Gasteiger partial charge in [0.15, 0.2) is 0 Å². The van der Waals surface area contributed by atoms with Gasteiger partial charge in [-0.2, -0.15) is 18.3 Å². The number of benzene rings is 1. The summed E-state index contributed by atoms with van der Waals surface area (Å²) in [6.07, 6.45) is -2.40. The lowest BCUT2D eigenvalue weighted by molar-refractivity contribution is -0.140. The molecule has 1 aliphatic heterocycles. The third-order valence-electron chi connectivity index (χ3n) is 3.56. The number of allylic oxidation sites excluding steroid dienone is 1. The van der Waals surface area contributed by atoms with Crippen LogP contribution >= 0.6 is 0 Å². The number of aliphatic imine (C=N–C) groups is 1.